The molecule has 0 bridgehead atoms. The number of phenols is 2. The van der Waals surface area contributed by atoms with E-state index in [1.165, 1.54) is 24.3 Å². The molecule has 9 nitrogen and oxygen atoms in total. The number of benzene rings is 2. The molecule has 1 saturated heterocycles. The molecule has 0 unspecified atom stereocenters. The standard InChI is InChI=1S/C22H25BrFN3O6S/c23-14-3-4-17(28)18(11-14)34(31,32)26-16-12-15(13-1-2-13)20(24)19(21(16)29)22(30)25-5-6-27-7-9-33-10-8-27/h3-4,11-13,26,28-29H,1-2,5-10H2,(H,25,30). The zero-order valence-electron chi connectivity index (χ0n) is 18.2. The quantitative estimate of drug-likeness (QED) is 0.367. The van der Waals surface area contributed by atoms with Crippen molar-refractivity contribution in [3.8, 4) is 11.5 Å². The van der Waals surface area contributed by atoms with E-state index in [4.69, 9.17) is 4.74 Å². The monoisotopic (exact) mass is 557 g/mol. The van der Waals surface area contributed by atoms with Crippen LogP contribution in [0.3, 0.4) is 0 Å². The van der Waals surface area contributed by atoms with Crippen LogP contribution < -0.4 is 10.0 Å². The first-order valence-electron chi connectivity index (χ1n) is 10.8. The molecular formula is C22H25BrFN3O6S. The van der Waals surface area contributed by atoms with E-state index in [0.717, 1.165) is 13.1 Å². The third-order valence-corrected chi connectivity index (χ3v) is 7.67. The zero-order chi connectivity index (χ0) is 24.5. The van der Waals surface area contributed by atoms with Crippen LogP contribution in [0.1, 0.15) is 34.7 Å². The van der Waals surface area contributed by atoms with E-state index < -0.39 is 43.7 Å². The molecule has 12 heteroatoms. The van der Waals surface area contributed by atoms with Gasteiger partial charge in [-0.15, -0.1) is 0 Å². The smallest absolute Gasteiger partial charge is 0.265 e. The van der Waals surface area contributed by atoms with Gasteiger partial charge in [0.05, 0.1) is 18.9 Å². The van der Waals surface area contributed by atoms with E-state index in [0.29, 0.717) is 37.1 Å². The summed E-state index contributed by atoms with van der Waals surface area (Å²) >= 11 is 3.15. The fourth-order valence-electron chi connectivity index (χ4n) is 3.79. The maximum atomic E-state index is 15.2. The largest absolute Gasteiger partial charge is 0.507 e. The van der Waals surface area contributed by atoms with Crippen molar-refractivity contribution in [3.05, 3.63) is 45.7 Å². The van der Waals surface area contributed by atoms with E-state index in [-0.39, 0.29) is 23.7 Å². The lowest BCUT2D eigenvalue weighted by molar-refractivity contribution is 0.0383. The molecule has 4 N–H and O–H groups in total. The lowest BCUT2D eigenvalue weighted by Gasteiger charge is -2.26. The number of halogens is 2. The fourth-order valence-corrected chi connectivity index (χ4v) is 5.48. The second-order valence-electron chi connectivity index (χ2n) is 8.25. The maximum absolute atomic E-state index is 15.2. The Balaban J connectivity index is 1.61. The van der Waals surface area contributed by atoms with Gasteiger partial charge in [0, 0.05) is 30.7 Å². The summed E-state index contributed by atoms with van der Waals surface area (Å²) in [5, 5.41) is 23.4. The molecular weight excluding hydrogens is 533 g/mol. The minimum absolute atomic E-state index is 0.160. The SMILES string of the molecule is O=C(NCCN1CCOCC1)c1c(O)c(NS(=O)(=O)c2cc(Br)ccc2O)cc(C2CC2)c1F. The Morgan fingerprint density at radius 2 is 1.91 bits per heavy atom. The minimum atomic E-state index is -4.36. The molecule has 34 heavy (non-hydrogen) atoms. The van der Waals surface area contributed by atoms with Crippen LogP contribution in [-0.4, -0.2) is 68.8 Å². The lowest BCUT2D eigenvalue weighted by Crippen LogP contribution is -2.41. The van der Waals surface area contributed by atoms with Gasteiger partial charge in [-0.2, -0.15) is 0 Å². The normalized spacial score (nSPS) is 16.9. The van der Waals surface area contributed by atoms with E-state index in [1.54, 1.807) is 0 Å². The Morgan fingerprint density at radius 1 is 1.21 bits per heavy atom. The second kappa shape index (κ2) is 10.1. The van der Waals surface area contributed by atoms with Crippen molar-refractivity contribution in [1.82, 2.24) is 10.2 Å². The van der Waals surface area contributed by atoms with Gasteiger partial charge in [-0.1, -0.05) is 15.9 Å². The summed E-state index contributed by atoms with van der Waals surface area (Å²) < 4.78 is 49.0. The van der Waals surface area contributed by atoms with Gasteiger partial charge in [-0.3, -0.25) is 14.4 Å². The summed E-state index contributed by atoms with van der Waals surface area (Å²) in [4.78, 5) is 14.5. The molecule has 1 heterocycles. The first kappa shape index (κ1) is 24.7. The average molecular weight is 558 g/mol. The van der Waals surface area contributed by atoms with Crippen molar-refractivity contribution in [2.24, 2.45) is 0 Å². The van der Waals surface area contributed by atoms with Crippen LogP contribution in [0.25, 0.3) is 0 Å². The predicted molar refractivity (Wildman–Crippen MR) is 126 cm³/mol. The highest BCUT2D eigenvalue weighted by Crippen LogP contribution is 2.46. The molecule has 4 rings (SSSR count). The number of carbonyl (C=O) groups is 1. The third kappa shape index (κ3) is 5.45. The Bertz CT molecular complexity index is 1200. The molecule has 0 radical (unpaired) electrons. The van der Waals surface area contributed by atoms with Crippen LogP contribution in [0.4, 0.5) is 10.1 Å². The Kier molecular flexibility index (Phi) is 7.31. The molecule has 2 aliphatic rings. The van der Waals surface area contributed by atoms with Gasteiger partial charge in [0.2, 0.25) is 0 Å². The molecule has 2 aromatic carbocycles. The summed E-state index contributed by atoms with van der Waals surface area (Å²) in [5.41, 5.74) is -0.782. The van der Waals surface area contributed by atoms with Gasteiger partial charge in [0.25, 0.3) is 15.9 Å². The minimum Gasteiger partial charge on any atom is -0.507 e. The first-order valence-corrected chi connectivity index (χ1v) is 13.1. The number of amides is 1. The zero-order valence-corrected chi connectivity index (χ0v) is 20.6. The summed E-state index contributed by atoms with van der Waals surface area (Å²) in [6.07, 6.45) is 1.39. The van der Waals surface area contributed by atoms with Crippen molar-refractivity contribution in [1.29, 1.82) is 0 Å². The van der Waals surface area contributed by atoms with E-state index in [9.17, 15) is 23.4 Å². The number of phenolic OH excluding ortho intramolecular Hbond substituents is 2. The van der Waals surface area contributed by atoms with E-state index in [1.807, 2.05) is 0 Å². The van der Waals surface area contributed by atoms with Crippen LogP contribution in [0.15, 0.2) is 33.6 Å². The van der Waals surface area contributed by atoms with Gasteiger partial charge >= 0.3 is 0 Å². The highest BCUT2D eigenvalue weighted by atomic mass is 79.9. The van der Waals surface area contributed by atoms with Gasteiger partial charge < -0.3 is 20.3 Å². The van der Waals surface area contributed by atoms with Crippen LogP contribution >= 0.6 is 15.9 Å². The molecule has 0 atom stereocenters. The number of aromatic hydroxyl groups is 2. The number of nitrogens with zero attached hydrogens (tertiary/aromatic N) is 1. The molecule has 0 aromatic heterocycles. The molecule has 1 aliphatic heterocycles. The summed E-state index contributed by atoms with van der Waals surface area (Å²) in [6.45, 7) is 3.40. The van der Waals surface area contributed by atoms with Crippen molar-refractivity contribution >= 4 is 37.5 Å². The first-order chi connectivity index (χ1) is 16.2. The summed E-state index contributed by atoms with van der Waals surface area (Å²) in [6, 6.07) is 5.07. The Morgan fingerprint density at radius 3 is 2.59 bits per heavy atom. The number of rotatable bonds is 8. The van der Waals surface area contributed by atoms with Crippen molar-refractivity contribution in [2.45, 2.75) is 23.7 Å². The van der Waals surface area contributed by atoms with E-state index >= 15 is 4.39 Å². The van der Waals surface area contributed by atoms with Crippen molar-refractivity contribution in [3.63, 3.8) is 0 Å². The predicted octanol–water partition coefficient (Wildman–Crippen LogP) is 2.74. The van der Waals surface area contributed by atoms with E-state index in [2.05, 4.69) is 30.9 Å². The molecule has 2 fully saturated rings. The van der Waals surface area contributed by atoms with Crippen LogP contribution in [0.5, 0.6) is 11.5 Å². The highest BCUT2D eigenvalue weighted by Gasteiger charge is 2.33. The number of hydrogen-bond donors (Lipinski definition) is 4. The van der Waals surface area contributed by atoms with Crippen LogP contribution in [0.2, 0.25) is 0 Å². The number of sulfonamides is 1. The van der Waals surface area contributed by atoms with Gasteiger partial charge in [0.15, 0.2) is 5.75 Å². The number of morpholine rings is 1. The summed E-state index contributed by atoms with van der Waals surface area (Å²) in [5.74, 6) is -3.18. The summed E-state index contributed by atoms with van der Waals surface area (Å²) in [7, 11) is -4.36. The van der Waals surface area contributed by atoms with Gasteiger partial charge in [-0.05, 0) is 48.6 Å². The molecule has 0 spiro atoms. The van der Waals surface area contributed by atoms with Crippen molar-refractivity contribution < 1.29 is 32.6 Å². The number of nitrogens with one attached hydrogen (secondary N) is 2. The van der Waals surface area contributed by atoms with Gasteiger partial charge in [0.1, 0.15) is 22.0 Å². The topological polar surface area (TPSA) is 128 Å². The molecule has 1 saturated carbocycles. The second-order valence-corrected chi connectivity index (χ2v) is 10.8. The molecule has 184 valence electrons. The molecule has 1 amide bonds. The number of carbonyl (C=O) groups excluding carboxylic acids is 1. The number of ether oxygens (including phenoxy) is 1. The molecule has 2 aromatic rings. The fraction of sp³-hybridized carbons (Fsp3) is 0.409. The average Bonchev–Trinajstić information content (AvgIpc) is 3.63. The lowest BCUT2D eigenvalue weighted by atomic mass is 10.0. The Hall–Kier alpha value is -2.41. The number of hydrogen-bond acceptors (Lipinski definition) is 7. The number of anilines is 1. The Labute approximate surface area is 205 Å². The third-order valence-electron chi connectivity index (χ3n) is 5.78. The maximum Gasteiger partial charge on any atom is 0.265 e. The van der Waals surface area contributed by atoms with Gasteiger partial charge in [-0.25, -0.2) is 12.8 Å². The molecule has 1 aliphatic carbocycles. The highest BCUT2D eigenvalue weighted by molar-refractivity contribution is 9.10. The van der Waals surface area contributed by atoms with Crippen LogP contribution in [-0.2, 0) is 14.8 Å². The van der Waals surface area contributed by atoms with Crippen LogP contribution in [0, 0.1) is 5.82 Å². The van der Waals surface area contributed by atoms with Crippen molar-refractivity contribution in [2.75, 3.05) is 44.1 Å².